The number of rotatable bonds is 10. The summed E-state index contributed by atoms with van der Waals surface area (Å²) in [5.74, 6) is 0.0823. The lowest BCUT2D eigenvalue weighted by molar-refractivity contribution is 0.110. The van der Waals surface area contributed by atoms with Crippen molar-refractivity contribution in [3.05, 3.63) is 69.9 Å². The first-order chi connectivity index (χ1) is 16.1. The highest BCUT2D eigenvalue weighted by molar-refractivity contribution is 7.13. The second kappa shape index (κ2) is 10.7. The summed E-state index contributed by atoms with van der Waals surface area (Å²) < 4.78 is 16.1. The molecule has 2 aromatic carbocycles. The van der Waals surface area contributed by atoms with E-state index in [1.807, 2.05) is 35.7 Å². The number of aromatic hydroxyl groups is 1. The maximum absolute atomic E-state index is 12.9. The van der Waals surface area contributed by atoms with Crippen LogP contribution in [-0.4, -0.2) is 55.5 Å². The summed E-state index contributed by atoms with van der Waals surface area (Å²) in [4.78, 5) is 19.7. The highest BCUT2D eigenvalue weighted by Gasteiger charge is 2.18. The molecule has 0 bridgehead atoms. The molecule has 0 spiro atoms. The Labute approximate surface area is 195 Å². The van der Waals surface area contributed by atoms with Gasteiger partial charge in [-0.05, 0) is 18.2 Å². The molecule has 8 heteroatoms. The van der Waals surface area contributed by atoms with Crippen molar-refractivity contribution in [1.29, 1.82) is 0 Å². The molecule has 0 amide bonds. The maximum atomic E-state index is 12.9. The van der Waals surface area contributed by atoms with Crippen molar-refractivity contribution in [1.82, 2.24) is 9.88 Å². The molecule has 33 heavy (non-hydrogen) atoms. The van der Waals surface area contributed by atoms with Gasteiger partial charge in [0.1, 0.15) is 16.3 Å². The third-order valence-electron chi connectivity index (χ3n) is 5.39. The largest absolute Gasteiger partial charge is 0.507 e. The number of benzene rings is 2. The Kier molecular flexibility index (Phi) is 7.51. The minimum Gasteiger partial charge on any atom is -0.507 e. The van der Waals surface area contributed by atoms with Gasteiger partial charge < -0.3 is 19.0 Å². The van der Waals surface area contributed by atoms with Crippen molar-refractivity contribution >= 4 is 22.3 Å². The van der Waals surface area contributed by atoms with Gasteiger partial charge in [0.25, 0.3) is 0 Å². The number of methoxy groups -OCH3 is 2. The molecular formula is C25H26N2O5S. The summed E-state index contributed by atoms with van der Waals surface area (Å²) in [5.41, 5.74) is 2.67. The van der Waals surface area contributed by atoms with E-state index in [2.05, 4.69) is 9.88 Å². The molecule has 0 saturated carbocycles. The van der Waals surface area contributed by atoms with Gasteiger partial charge >= 0.3 is 5.63 Å². The molecule has 0 unspecified atom stereocenters. The zero-order valence-electron chi connectivity index (χ0n) is 18.6. The maximum Gasteiger partial charge on any atom is 0.346 e. The Morgan fingerprint density at radius 3 is 2.48 bits per heavy atom. The fourth-order valence-corrected chi connectivity index (χ4v) is 4.44. The number of fused-ring (bicyclic) bond motifs is 1. The number of thiazole rings is 1. The van der Waals surface area contributed by atoms with E-state index < -0.39 is 5.63 Å². The summed E-state index contributed by atoms with van der Waals surface area (Å²) >= 11 is 1.40. The van der Waals surface area contributed by atoms with Crippen LogP contribution < -0.4 is 5.63 Å². The first kappa shape index (κ1) is 23.1. The van der Waals surface area contributed by atoms with Gasteiger partial charge in [-0.1, -0.05) is 30.3 Å². The lowest BCUT2D eigenvalue weighted by Crippen LogP contribution is -2.30. The van der Waals surface area contributed by atoms with Gasteiger partial charge in [0, 0.05) is 50.2 Å². The fourth-order valence-electron chi connectivity index (χ4n) is 3.61. The zero-order valence-corrected chi connectivity index (χ0v) is 19.4. The van der Waals surface area contributed by atoms with E-state index in [0.29, 0.717) is 54.6 Å². The van der Waals surface area contributed by atoms with Crippen LogP contribution >= 0.6 is 11.3 Å². The molecule has 0 atom stereocenters. The van der Waals surface area contributed by atoms with Crippen LogP contribution in [0, 0.1) is 0 Å². The molecule has 1 N–H and O–H groups in total. The third kappa shape index (κ3) is 5.31. The lowest BCUT2D eigenvalue weighted by Gasteiger charge is -2.22. The van der Waals surface area contributed by atoms with Crippen LogP contribution in [0.15, 0.2) is 63.1 Å². The van der Waals surface area contributed by atoms with E-state index in [-0.39, 0.29) is 5.75 Å². The second-order valence-electron chi connectivity index (χ2n) is 7.59. The number of phenols is 1. The average Bonchev–Trinajstić information content (AvgIpc) is 3.33. The fraction of sp³-hybridized carbons (Fsp3) is 0.280. The third-order valence-corrected chi connectivity index (χ3v) is 6.27. The van der Waals surface area contributed by atoms with Crippen molar-refractivity contribution in [2.75, 3.05) is 40.5 Å². The minimum absolute atomic E-state index is 0.0823. The molecule has 4 aromatic rings. The summed E-state index contributed by atoms with van der Waals surface area (Å²) in [6.07, 6.45) is 0. The number of hydrogen-bond donors (Lipinski definition) is 1. The SMILES string of the molecule is COCCN(CCOC)Cc1c(O)ccc2cc(-c3nc(-c4ccccc4)cs3)c(=O)oc12. The van der Waals surface area contributed by atoms with Gasteiger partial charge in [0.15, 0.2) is 0 Å². The molecular weight excluding hydrogens is 440 g/mol. The normalized spacial score (nSPS) is 11.5. The van der Waals surface area contributed by atoms with Crippen LogP contribution in [0.25, 0.3) is 32.8 Å². The van der Waals surface area contributed by atoms with Crippen molar-refractivity contribution < 1.29 is 19.0 Å². The van der Waals surface area contributed by atoms with Gasteiger partial charge in [-0.25, -0.2) is 9.78 Å². The Morgan fingerprint density at radius 1 is 1.06 bits per heavy atom. The summed E-state index contributed by atoms with van der Waals surface area (Å²) in [6, 6.07) is 15.0. The first-order valence-corrected chi connectivity index (χ1v) is 11.5. The molecule has 172 valence electrons. The standard InChI is InChI=1S/C25H26N2O5S/c1-30-12-10-27(11-13-31-2)15-20-22(28)9-8-18-14-19(25(29)32-23(18)20)24-26-21(16-33-24)17-6-4-3-5-7-17/h3-9,14,16,28H,10-13,15H2,1-2H3. The molecule has 0 aliphatic rings. The first-order valence-electron chi connectivity index (χ1n) is 10.6. The summed E-state index contributed by atoms with van der Waals surface area (Å²) in [5, 5.41) is 13.8. The molecule has 0 saturated heterocycles. The van der Waals surface area contributed by atoms with E-state index >= 15 is 0 Å². The molecule has 2 aromatic heterocycles. The van der Waals surface area contributed by atoms with Crippen LogP contribution in [0.3, 0.4) is 0 Å². The molecule has 4 rings (SSSR count). The Bertz CT molecular complexity index is 1260. The van der Waals surface area contributed by atoms with Crippen LogP contribution in [0.1, 0.15) is 5.56 Å². The molecule has 0 fully saturated rings. The lowest BCUT2D eigenvalue weighted by atomic mass is 10.1. The number of nitrogens with zero attached hydrogens (tertiary/aromatic N) is 2. The van der Waals surface area contributed by atoms with E-state index in [9.17, 15) is 9.90 Å². The van der Waals surface area contributed by atoms with Crippen LogP contribution in [0.5, 0.6) is 5.75 Å². The smallest absolute Gasteiger partial charge is 0.346 e. The quantitative estimate of drug-likeness (QED) is 0.347. The number of aromatic nitrogens is 1. The van der Waals surface area contributed by atoms with Crippen LogP contribution in [0.2, 0.25) is 0 Å². The van der Waals surface area contributed by atoms with Crippen molar-refractivity contribution in [2.24, 2.45) is 0 Å². The van der Waals surface area contributed by atoms with Gasteiger partial charge in [-0.15, -0.1) is 11.3 Å². The zero-order chi connectivity index (χ0) is 23.2. The minimum atomic E-state index is -0.483. The van der Waals surface area contributed by atoms with E-state index in [0.717, 1.165) is 16.6 Å². The molecule has 0 aliphatic carbocycles. The van der Waals surface area contributed by atoms with Crippen LogP contribution in [-0.2, 0) is 16.0 Å². The van der Waals surface area contributed by atoms with Crippen molar-refractivity contribution in [3.8, 4) is 27.6 Å². The van der Waals surface area contributed by atoms with Gasteiger partial charge in [0.05, 0.1) is 30.0 Å². The monoisotopic (exact) mass is 466 g/mol. The number of ether oxygens (including phenoxy) is 2. The summed E-state index contributed by atoms with van der Waals surface area (Å²) in [7, 11) is 3.29. The Morgan fingerprint density at radius 2 is 1.79 bits per heavy atom. The molecule has 2 heterocycles. The van der Waals surface area contributed by atoms with Gasteiger partial charge in [0.2, 0.25) is 0 Å². The number of phenolic OH excluding ortho intramolecular Hbond substituents is 1. The summed E-state index contributed by atoms with van der Waals surface area (Å²) in [6.45, 7) is 2.78. The van der Waals surface area contributed by atoms with E-state index in [4.69, 9.17) is 13.9 Å². The number of hydrogen-bond acceptors (Lipinski definition) is 8. The van der Waals surface area contributed by atoms with E-state index in [1.54, 1.807) is 32.4 Å². The molecule has 0 radical (unpaired) electrons. The molecule has 0 aliphatic heterocycles. The van der Waals surface area contributed by atoms with Crippen molar-refractivity contribution in [3.63, 3.8) is 0 Å². The van der Waals surface area contributed by atoms with Crippen LogP contribution in [0.4, 0.5) is 0 Å². The highest BCUT2D eigenvalue weighted by Crippen LogP contribution is 2.32. The highest BCUT2D eigenvalue weighted by atomic mass is 32.1. The molecule has 7 nitrogen and oxygen atoms in total. The predicted octanol–water partition coefficient (Wildman–Crippen LogP) is 4.38. The van der Waals surface area contributed by atoms with E-state index in [1.165, 1.54) is 11.3 Å². The Balaban J connectivity index is 1.69. The topological polar surface area (TPSA) is 85.0 Å². The van der Waals surface area contributed by atoms with Gasteiger partial charge in [-0.2, -0.15) is 0 Å². The Hall–Kier alpha value is -3.04. The second-order valence-corrected chi connectivity index (χ2v) is 8.45. The van der Waals surface area contributed by atoms with Crippen molar-refractivity contribution in [2.45, 2.75) is 6.54 Å². The van der Waals surface area contributed by atoms with Gasteiger partial charge in [-0.3, -0.25) is 4.90 Å². The predicted molar refractivity (Wildman–Crippen MR) is 130 cm³/mol. The average molecular weight is 467 g/mol.